The summed E-state index contributed by atoms with van der Waals surface area (Å²) in [4.78, 5) is 2.40. The molecule has 1 aliphatic rings. The fraction of sp³-hybridized carbons (Fsp3) is 0.389. The van der Waals surface area contributed by atoms with Gasteiger partial charge in [-0.15, -0.1) is 10.2 Å². The number of para-hydroxylation sites is 1. The van der Waals surface area contributed by atoms with E-state index in [4.69, 9.17) is 4.74 Å². The van der Waals surface area contributed by atoms with Crippen LogP contribution in [0.5, 0.6) is 0 Å². The second kappa shape index (κ2) is 6.78. The first kappa shape index (κ1) is 16.0. The molecule has 0 amide bonds. The van der Waals surface area contributed by atoms with Crippen LogP contribution in [0.1, 0.15) is 24.0 Å². The van der Waals surface area contributed by atoms with E-state index in [2.05, 4.69) is 38.4 Å². The van der Waals surface area contributed by atoms with Crippen molar-refractivity contribution in [1.29, 1.82) is 0 Å². The lowest BCUT2D eigenvalue weighted by molar-refractivity contribution is 0.107. The molecule has 7 nitrogen and oxygen atoms in total. The molecule has 25 heavy (non-hydrogen) atoms. The lowest BCUT2D eigenvalue weighted by atomic mass is 10.2. The first-order valence-corrected chi connectivity index (χ1v) is 8.45. The number of ether oxygens (including phenoxy) is 1. The SMILES string of the molecule is CO[C@@H]1C[C@@H](c2nncn2C)N(Cc2ccnn2-c2ccccc2)C1. The van der Waals surface area contributed by atoms with Crippen LogP contribution in [0.2, 0.25) is 0 Å². The molecule has 0 unspecified atom stereocenters. The van der Waals surface area contributed by atoms with Gasteiger partial charge in [-0.3, -0.25) is 4.90 Å². The average Bonchev–Trinajstić information content (AvgIpc) is 3.36. The van der Waals surface area contributed by atoms with Crippen molar-refractivity contribution in [3.05, 3.63) is 60.4 Å². The summed E-state index contributed by atoms with van der Waals surface area (Å²) in [7, 11) is 3.76. The van der Waals surface area contributed by atoms with Crippen molar-refractivity contribution >= 4 is 0 Å². The van der Waals surface area contributed by atoms with Gasteiger partial charge in [0, 0.05) is 33.4 Å². The van der Waals surface area contributed by atoms with Gasteiger partial charge in [0.15, 0.2) is 0 Å². The van der Waals surface area contributed by atoms with Crippen molar-refractivity contribution in [1.82, 2.24) is 29.4 Å². The number of nitrogens with zero attached hydrogens (tertiary/aromatic N) is 6. The molecule has 0 radical (unpaired) electrons. The molecule has 0 saturated carbocycles. The standard InChI is InChI=1S/C18H22N6O/c1-22-13-19-21-18(22)17-10-16(25-2)12-23(17)11-15-8-9-20-24(15)14-6-4-3-5-7-14/h3-9,13,16-17H,10-12H2,1-2H3/t16-,17+/m1/s1. The molecule has 1 aliphatic heterocycles. The van der Waals surface area contributed by atoms with E-state index in [9.17, 15) is 0 Å². The second-order valence-electron chi connectivity index (χ2n) is 6.41. The Labute approximate surface area is 146 Å². The second-order valence-corrected chi connectivity index (χ2v) is 6.41. The zero-order chi connectivity index (χ0) is 17.2. The van der Waals surface area contributed by atoms with Gasteiger partial charge >= 0.3 is 0 Å². The minimum atomic E-state index is 0.191. The van der Waals surface area contributed by atoms with Gasteiger partial charge in [0.05, 0.1) is 23.5 Å². The van der Waals surface area contributed by atoms with E-state index in [0.29, 0.717) is 0 Å². The third-order valence-corrected chi connectivity index (χ3v) is 4.83. The maximum Gasteiger partial charge on any atom is 0.150 e. The van der Waals surface area contributed by atoms with E-state index in [0.717, 1.165) is 36.7 Å². The molecule has 1 fully saturated rings. The van der Waals surface area contributed by atoms with Crippen LogP contribution in [0, 0.1) is 0 Å². The molecular formula is C18H22N6O. The molecule has 2 atom stereocenters. The molecule has 0 spiro atoms. The number of aryl methyl sites for hydroxylation is 1. The van der Waals surface area contributed by atoms with E-state index >= 15 is 0 Å². The number of benzene rings is 1. The fourth-order valence-corrected chi connectivity index (χ4v) is 3.53. The van der Waals surface area contributed by atoms with Crippen LogP contribution in [0.4, 0.5) is 0 Å². The number of hydrogen-bond donors (Lipinski definition) is 0. The summed E-state index contributed by atoms with van der Waals surface area (Å²) in [6, 6.07) is 12.5. The summed E-state index contributed by atoms with van der Waals surface area (Å²) < 4.78 is 9.61. The predicted octanol–water partition coefficient (Wildman–Crippen LogP) is 1.96. The summed E-state index contributed by atoms with van der Waals surface area (Å²) in [5, 5.41) is 12.9. The highest BCUT2D eigenvalue weighted by Crippen LogP contribution is 2.33. The first-order chi connectivity index (χ1) is 12.3. The smallest absolute Gasteiger partial charge is 0.150 e. The van der Waals surface area contributed by atoms with E-state index in [1.165, 1.54) is 0 Å². The van der Waals surface area contributed by atoms with Crippen LogP contribution in [0.3, 0.4) is 0 Å². The van der Waals surface area contributed by atoms with Crippen LogP contribution >= 0.6 is 0 Å². The Morgan fingerprint density at radius 2 is 2.04 bits per heavy atom. The topological polar surface area (TPSA) is 61.0 Å². The Hall–Kier alpha value is -2.51. The van der Waals surface area contributed by atoms with Crippen LogP contribution in [0.25, 0.3) is 5.69 Å². The molecule has 1 saturated heterocycles. The Bertz CT molecular complexity index is 827. The average molecular weight is 338 g/mol. The molecule has 3 aromatic rings. The van der Waals surface area contributed by atoms with Gasteiger partial charge in [-0.05, 0) is 24.6 Å². The number of aromatic nitrogens is 5. The van der Waals surface area contributed by atoms with Crippen LogP contribution in [-0.2, 0) is 18.3 Å². The molecule has 4 rings (SSSR count). The molecule has 7 heteroatoms. The summed E-state index contributed by atoms with van der Waals surface area (Å²) >= 11 is 0. The Balaban J connectivity index is 1.61. The van der Waals surface area contributed by atoms with Gasteiger partial charge in [0.2, 0.25) is 0 Å². The highest BCUT2D eigenvalue weighted by atomic mass is 16.5. The van der Waals surface area contributed by atoms with E-state index < -0.39 is 0 Å². The van der Waals surface area contributed by atoms with Gasteiger partial charge in [-0.1, -0.05) is 18.2 Å². The molecule has 0 bridgehead atoms. The minimum Gasteiger partial charge on any atom is -0.380 e. The summed E-state index contributed by atoms with van der Waals surface area (Å²) in [6.07, 6.45) is 4.73. The molecule has 2 aromatic heterocycles. The summed E-state index contributed by atoms with van der Waals surface area (Å²) in [5.74, 6) is 0.977. The van der Waals surface area contributed by atoms with Gasteiger partial charge < -0.3 is 9.30 Å². The molecule has 3 heterocycles. The Morgan fingerprint density at radius 3 is 2.76 bits per heavy atom. The van der Waals surface area contributed by atoms with Crippen molar-refractivity contribution in [3.63, 3.8) is 0 Å². The Morgan fingerprint density at radius 1 is 1.20 bits per heavy atom. The quantitative estimate of drug-likeness (QED) is 0.712. The minimum absolute atomic E-state index is 0.191. The first-order valence-electron chi connectivity index (χ1n) is 8.45. The summed E-state index contributed by atoms with van der Waals surface area (Å²) in [6.45, 7) is 1.65. The zero-order valence-electron chi connectivity index (χ0n) is 14.5. The van der Waals surface area contributed by atoms with Crippen molar-refractivity contribution in [3.8, 4) is 5.69 Å². The highest BCUT2D eigenvalue weighted by Gasteiger charge is 2.36. The normalized spacial score (nSPS) is 21.0. The lowest BCUT2D eigenvalue weighted by Crippen LogP contribution is -2.27. The van der Waals surface area contributed by atoms with E-state index in [1.807, 2.05) is 40.7 Å². The van der Waals surface area contributed by atoms with Gasteiger partial charge in [0.25, 0.3) is 0 Å². The zero-order valence-corrected chi connectivity index (χ0v) is 14.5. The lowest BCUT2D eigenvalue weighted by Gasteiger charge is -2.23. The van der Waals surface area contributed by atoms with Crippen molar-refractivity contribution < 1.29 is 4.74 Å². The van der Waals surface area contributed by atoms with Crippen molar-refractivity contribution in [2.24, 2.45) is 7.05 Å². The largest absolute Gasteiger partial charge is 0.380 e. The molecule has 0 aliphatic carbocycles. The number of hydrogen-bond acceptors (Lipinski definition) is 5. The molecule has 0 N–H and O–H groups in total. The summed E-state index contributed by atoms with van der Waals surface area (Å²) in [5.41, 5.74) is 2.22. The third kappa shape index (κ3) is 3.08. The maximum atomic E-state index is 5.62. The van der Waals surface area contributed by atoms with Gasteiger partial charge in [0.1, 0.15) is 12.2 Å². The highest BCUT2D eigenvalue weighted by molar-refractivity contribution is 5.32. The molecule has 1 aromatic carbocycles. The molecule has 130 valence electrons. The van der Waals surface area contributed by atoms with Crippen LogP contribution in [0.15, 0.2) is 48.9 Å². The fourth-order valence-electron chi connectivity index (χ4n) is 3.53. The van der Waals surface area contributed by atoms with E-state index in [1.54, 1.807) is 13.4 Å². The van der Waals surface area contributed by atoms with Gasteiger partial charge in [-0.2, -0.15) is 5.10 Å². The van der Waals surface area contributed by atoms with Crippen LogP contribution < -0.4 is 0 Å². The van der Waals surface area contributed by atoms with E-state index in [-0.39, 0.29) is 12.1 Å². The predicted molar refractivity (Wildman–Crippen MR) is 93.1 cm³/mol. The molecular weight excluding hydrogens is 316 g/mol. The number of likely N-dealkylation sites (tertiary alicyclic amines) is 1. The van der Waals surface area contributed by atoms with Crippen molar-refractivity contribution in [2.75, 3.05) is 13.7 Å². The monoisotopic (exact) mass is 338 g/mol. The van der Waals surface area contributed by atoms with Crippen LogP contribution in [-0.4, -0.2) is 49.2 Å². The Kier molecular flexibility index (Phi) is 4.33. The number of rotatable bonds is 5. The van der Waals surface area contributed by atoms with Crippen molar-refractivity contribution in [2.45, 2.75) is 25.1 Å². The number of methoxy groups -OCH3 is 1. The van der Waals surface area contributed by atoms with Gasteiger partial charge in [-0.25, -0.2) is 4.68 Å². The maximum absolute atomic E-state index is 5.62. The third-order valence-electron chi connectivity index (χ3n) is 4.83.